The average molecular weight is 512 g/mol. The number of nitrogens with two attached hydrogens (primary N) is 1. The number of fused-ring (bicyclic) bond motifs is 4. The van der Waals surface area contributed by atoms with Gasteiger partial charge in [-0.3, -0.25) is 9.59 Å². The van der Waals surface area contributed by atoms with Gasteiger partial charge in [-0.1, -0.05) is 24.3 Å². The largest absolute Gasteiger partial charge is 0.507 e. The zero-order chi connectivity index (χ0) is 25.7. The Morgan fingerprint density at radius 1 is 1.11 bits per heavy atom. The van der Waals surface area contributed by atoms with Crippen molar-refractivity contribution < 1.29 is 14.7 Å². The smallest absolute Gasteiger partial charge is 0.274 e. The number of aromatic amines is 1. The molecule has 1 aliphatic rings. The lowest BCUT2D eigenvalue weighted by Gasteiger charge is -2.17. The van der Waals surface area contributed by atoms with Crippen LogP contribution in [0.1, 0.15) is 32.3 Å². The van der Waals surface area contributed by atoms with Crippen molar-refractivity contribution in [2.24, 2.45) is 0 Å². The van der Waals surface area contributed by atoms with Gasteiger partial charge in [0.15, 0.2) is 0 Å². The molecule has 5 aromatic rings. The Balaban J connectivity index is 1.31. The number of amides is 2. The summed E-state index contributed by atoms with van der Waals surface area (Å²) in [4.78, 5) is 35.3. The molecule has 0 bridgehead atoms. The Hall–Kier alpha value is -4.56. The minimum Gasteiger partial charge on any atom is -0.507 e. The van der Waals surface area contributed by atoms with Crippen LogP contribution in [0.4, 0.5) is 17.1 Å². The maximum atomic E-state index is 13.6. The molecule has 0 saturated heterocycles. The molecule has 37 heavy (non-hydrogen) atoms. The number of aromatic hydroxyl groups is 1. The topological polar surface area (TPSA) is 124 Å². The number of aromatic nitrogens is 2. The van der Waals surface area contributed by atoms with Gasteiger partial charge in [-0.15, -0.1) is 11.6 Å². The Morgan fingerprint density at radius 3 is 2.62 bits per heavy atom. The predicted molar refractivity (Wildman–Crippen MR) is 146 cm³/mol. The van der Waals surface area contributed by atoms with Gasteiger partial charge in [0, 0.05) is 46.4 Å². The van der Waals surface area contributed by atoms with E-state index >= 15 is 0 Å². The van der Waals surface area contributed by atoms with Crippen molar-refractivity contribution in [3.8, 4) is 5.75 Å². The van der Waals surface area contributed by atoms with Gasteiger partial charge in [0.1, 0.15) is 17.1 Å². The molecule has 0 fully saturated rings. The van der Waals surface area contributed by atoms with Crippen molar-refractivity contribution in [3.63, 3.8) is 0 Å². The number of nitrogens with zero attached hydrogens (tertiary/aromatic N) is 2. The van der Waals surface area contributed by atoms with Gasteiger partial charge in [-0.25, -0.2) is 4.98 Å². The Morgan fingerprint density at radius 2 is 1.86 bits per heavy atom. The van der Waals surface area contributed by atoms with Crippen molar-refractivity contribution >= 4 is 62.3 Å². The van der Waals surface area contributed by atoms with Gasteiger partial charge in [0.05, 0.1) is 17.6 Å². The number of halogens is 1. The fraction of sp³-hybridized carbons (Fsp3) is 0.107. The molecule has 0 spiro atoms. The van der Waals surface area contributed by atoms with Gasteiger partial charge in [-0.05, 0) is 47.3 Å². The maximum Gasteiger partial charge on any atom is 0.274 e. The van der Waals surface area contributed by atoms with Crippen LogP contribution in [0.15, 0.2) is 72.9 Å². The number of phenols is 1. The average Bonchev–Trinajstić information content (AvgIpc) is 3.50. The SMILES string of the molecule is Nc1ccc(C(=O)Nc2cnc3[nH]c(C(=O)N4C[C@@H](CCl)c5c4cc(O)c4ccccc54)cc3c2)cc1. The van der Waals surface area contributed by atoms with E-state index in [-0.39, 0.29) is 23.5 Å². The number of H-pyrrole nitrogens is 1. The van der Waals surface area contributed by atoms with E-state index in [0.717, 1.165) is 16.3 Å². The monoisotopic (exact) mass is 511 g/mol. The molecule has 2 amide bonds. The van der Waals surface area contributed by atoms with E-state index in [2.05, 4.69) is 15.3 Å². The van der Waals surface area contributed by atoms with E-state index in [1.54, 1.807) is 47.4 Å². The van der Waals surface area contributed by atoms with Crippen LogP contribution in [0.5, 0.6) is 5.75 Å². The summed E-state index contributed by atoms with van der Waals surface area (Å²) in [5, 5.41) is 15.8. The molecule has 184 valence electrons. The third-order valence-corrected chi connectivity index (χ3v) is 7.08. The molecule has 0 aliphatic carbocycles. The molecule has 6 rings (SSSR count). The number of anilines is 3. The van der Waals surface area contributed by atoms with Crippen molar-refractivity contribution in [2.75, 3.05) is 28.4 Å². The highest BCUT2D eigenvalue weighted by Gasteiger charge is 2.35. The van der Waals surface area contributed by atoms with Crippen LogP contribution in [0.25, 0.3) is 21.8 Å². The highest BCUT2D eigenvalue weighted by Crippen LogP contribution is 2.45. The number of carbonyl (C=O) groups is 2. The lowest BCUT2D eigenvalue weighted by molar-refractivity contribution is 0.0983. The van der Waals surface area contributed by atoms with E-state index in [0.29, 0.717) is 51.8 Å². The highest BCUT2D eigenvalue weighted by molar-refractivity contribution is 6.19. The summed E-state index contributed by atoms with van der Waals surface area (Å²) in [5.41, 5.74) is 9.70. The zero-order valence-electron chi connectivity index (χ0n) is 19.5. The molecule has 0 unspecified atom stereocenters. The molecule has 0 saturated carbocycles. The summed E-state index contributed by atoms with van der Waals surface area (Å²) in [7, 11) is 0. The quantitative estimate of drug-likeness (QED) is 0.194. The fourth-order valence-electron chi connectivity index (χ4n) is 4.93. The van der Waals surface area contributed by atoms with Gasteiger partial charge in [0.25, 0.3) is 11.8 Å². The second-order valence-corrected chi connectivity index (χ2v) is 9.37. The number of pyridine rings is 1. The summed E-state index contributed by atoms with van der Waals surface area (Å²) < 4.78 is 0. The summed E-state index contributed by atoms with van der Waals surface area (Å²) in [6.07, 6.45) is 1.53. The van der Waals surface area contributed by atoms with Crippen LogP contribution < -0.4 is 16.0 Å². The number of rotatable bonds is 4. The maximum absolute atomic E-state index is 13.6. The molecule has 9 heteroatoms. The number of alkyl halides is 1. The number of nitrogens with one attached hydrogen (secondary N) is 2. The van der Waals surface area contributed by atoms with E-state index in [4.69, 9.17) is 17.3 Å². The summed E-state index contributed by atoms with van der Waals surface area (Å²) >= 11 is 6.31. The lowest BCUT2D eigenvalue weighted by atomic mass is 9.95. The lowest BCUT2D eigenvalue weighted by Crippen LogP contribution is -2.30. The van der Waals surface area contributed by atoms with Crippen molar-refractivity contribution in [3.05, 3.63) is 89.7 Å². The van der Waals surface area contributed by atoms with Crippen LogP contribution >= 0.6 is 11.6 Å². The molecule has 1 aliphatic heterocycles. The molecule has 2 aromatic heterocycles. The first-order valence-electron chi connectivity index (χ1n) is 11.7. The molecular weight excluding hydrogens is 490 g/mol. The number of hydrogen-bond donors (Lipinski definition) is 4. The normalized spacial score (nSPS) is 14.7. The molecule has 3 aromatic carbocycles. The molecular formula is C28H22ClN5O3. The van der Waals surface area contributed by atoms with Gasteiger partial charge in [0.2, 0.25) is 0 Å². The second kappa shape index (κ2) is 8.83. The predicted octanol–water partition coefficient (Wildman–Crippen LogP) is 5.24. The number of nitrogen functional groups attached to an aromatic ring is 1. The standard InChI is InChI=1S/C28H22ClN5O3/c29-12-17-14-34(23-11-24(35)20-3-1-2-4-21(20)25(17)23)28(37)22-10-16-9-19(13-31-26(16)33-22)32-27(36)15-5-7-18(30)8-6-15/h1-11,13,17,35H,12,14,30H2,(H,31,33)(H,32,36)/t17-/m1/s1. The van der Waals surface area contributed by atoms with Crippen molar-refractivity contribution in [2.45, 2.75) is 5.92 Å². The summed E-state index contributed by atoms with van der Waals surface area (Å²) in [5.74, 6) is -0.155. The molecule has 5 N–H and O–H groups in total. The third-order valence-electron chi connectivity index (χ3n) is 6.71. The Bertz CT molecular complexity index is 1700. The Labute approximate surface area is 216 Å². The third kappa shape index (κ3) is 3.91. The van der Waals surface area contributed by atoms with Gasteiger partial charge < -0.3 is 26.0 Å². The van der Waals surface area contributed by atoms with E-state index < -0.39 is 0 Å². The zero-order valence-corrected chi connectivity index (χ0v) is 20.3. The van der Waals surface area contributed by atoms with E-state index in [1.807, 2.05) is 24.3 Å². The first-order chi connectivity index (χ1) is 17.9. The number of phenolic OH excluding ortho intramolecular Hbond substituents is 1. The van der Waals surface area contributed by atoms with Crippen LogP contribution in [0.2, 0.25) is 0 Å². The molecule has 1 atom stereocenters. The molecule has 0 radical (unpaired) electrons. The molecule has 8 nitrogen and oxygen atoms in total. The summed E-state index contributed by atoms with van der Waals surface area (Å²) in [6.45, 7) is 0.400. The minimum atomic E-state index is -0.291. The van der Waals surface area contributed by atoms with Gasteiger partial charge >= 0.3 is 0 Å². The van der Waals surface area contributed by atoms with Gasteiger partial charge in [-0.2, -0.15) is 0 Å². The number of carbonyl (C=O) groups excluding carboxylic acids is 2. The first-order valence-corrected chi connectivity index (χ1v) is 12.2. The summed E-state index contributed by atoms with van der Waals surface area (Å²) in [6, 6.07) is 19.3. The van der Waals surface area contributed by atoms with E-state index in [1.165, 1.54) is 6.20 Å². The highest BCUT2D eigenvalue weighted by atomic mass is 35.5. The first kappa shape index (κ1) is 22.9. The van der Waals surface area contributed by atoms with Crippen LogP contribution in [0, 0.1) is 0 Å². The fourth-order valence-corrected chi connectivity index (χ4v) is 5.18. The van der Waals surface area contributed by atoms with Crippen LogP contribution in [0.3, 0.4) is 0 Å². The van der Waals surface area contributed by atoms with Crippen LogP contribution in [-0.2, 0) is 0 Å². The molecule has 3 heterocycles. The Kier molecular flexibility index (Phi) is 5.46. The van der Waals surface area contributed by atoms with E-state index in [9.17, 15) is 14.7 Å². The van der Waals surface area contributed by atoms with Crippen molar-refractivity contribution in [1.29, 1.82) is 0 Å². The number of benzene rings is 3. The minimum absolute atomic E-state index is 0.0660. The second-order valence-electron chi connectivity index (χ2n) is 9.06. The number of hydrogen-bond acceptors (Lipinski definition) is 5. The van der Waals surface area contributed by atoms with Crippen LogP contribution in [-0.4, -0.2) is 39.3 Å². The van der Waals surface area contributed by atoms with Crippen molar-refractivity contribution in [1.82, 2.24) is 9.97 Å².